The van der Waals surface area contributed by atoms with Crippen molar-refractivity contribution in [1.29, 1.82) is 0 Å². The van der Waals surface area contributed by atoms with E-state index in [-0.39, 0.29) is 11.8 Å². The summed E-state index contributed by atoms with van der Waals surface area (Å²) in [6.07, 6.45) is 0. The molecule has 0 aliphatic rings. The van der Waals surface area contributed by atoms with Gasteiger partial charge in [0.15, 0.2) is 0 Å². The Bertz CT molecular complexity index is 771. The number of hydrogen-bond acceptors (Lipinski definition) is 3. The maximum absolute atomic E-state index is 12.4. The van der Waals surface area contributed by atoms with E-state index in [1.165, 1.54) is 0 Å². The summed E-state index contributed by atoms with van der Waals surface area (Å²) in [7, 11) is 1.62. The zero-order valence-electron chi connectivity index (χ0n) is 15.2. The van der Waals surface area contributed by atoms with Crippen molar-refractivity contribution >= 4 is 29.1 Å². The van der Waals surface area contributed by atoms with E-state index in [0.717, 1.165) is 5.56 Å². The van der Waals surface area contributed by atoms with Crippen LogP contribution in [0.15, 0.2) is 42.5 Å². The third-order valence-corrected chi connectivity index (χ3v) is 4.35. The lowest BCUT2D eigenvalue weighted by Gasteiger charge is -2.19. The molecule has 0 fully saturated rings. The first-order valence-corrected chi connectivity index (χ1v) is 8.86. The first kappa shape index (κ1) is 19.9. The van der Waals surface area contributed by atoms with Crippen molar-refractivity contribution in [3.8, 4) is 0 Å². The van der Waals surface area contributed by atoms with Gasteiger partial charge >= 0.3 is 0 Å². The summed E-state index contributed by atoms with van der Waals surface area (Å²) in [6.45, 7) is 5.57. The highest BCUT2D eigenvalue weighted by molar-refractivity contribution is 6.34. The van der Waals surface area contributed by atoms with Crippen LogP contribution in [0.25, 0.3) is 0 Å². The molecule has 2 aromatic carbocycles. The van der Waals surface area contributed by atoms with Gasteiger partial charge in [-0.1, -0.05) is 23.7 Å². The number of anilines is 1. The van der Waals surface area contributed by atoms with Crippen molar-refractivity contribution in [2.24, 2.45) is 0 Å². The number of carbonyl (C=O) groups excluding carboxylic acids is 2. The summed E-state index contributed by atoms with van der Waals surface area (Å²) in [5.74, 6) is -0.362. The minimum atomic E-state index is -0.243. The van der Waals surface area contributed by atoms with Gasteiger partial charge < -0.3 is 15.0 Å². The summed E-state index contributed by atoms with van der Waals surface area (Å²) < 4.78 is 5.05. The Labute approximate surface area is 158 Å². The Morgan fingerprint density at radius 1 is 1.08 bits per heavy atom. The third-order valence-electron chi connectivity index (χ3n) is 4.04. The maximum atomic E-state index is 12.4. The van der Waals surface area contributed by atoms with Gasteiger partial charge in [-0.15, -0.1) is 0 Å². The predicted molar refractivity (Wildman–Crippen MR) is 104 cm³/mol. The minimum absolute atomic E-state index is 0.119. The van der Waals surface area contributed by atoms with Gasteiger partial charge in [0, 0.05) is 31.5 Å². The molecule has 0 aromatic heterocycles. The first-order valence-electron chi connectivity index (χ1n) is 8.48. The number of amides is 2. The van der Waals surface area contributed by atoms with Crippen molar-refractivity contribution in [3.63, 3.8) is 0 Å². The second-order valence-electron chi connectivity index (χ2n) is 5.76. The van der Waals surface area contributed by atoms with Crippen LogP contribution in [0.2, 0.25) is 5.02 Å². The number of halogens is 1. The Morgan fingerprint density at radius 3 is 2.27 bits per heavy atom. The molecule has 0 saturated carbocycles. The predicted octanol–water partition coefficient (Wildman–Crippen LogP) is 4.22. The molecule has 1 N–H and O–H groups in total. The molecule has 0 radical (unpaired) electrons. The molecular weight excluding hydrogens is 352 g/mol. The van der Waals surface area contributed by atoms with Gasteiger partial charge in [0.25, 0.3) is 11.8 Å². The number of nitrogens with zero attached hydrogens (tertiary/aromatic N) is 1. The quantitative estimate of drug-likeness (QED) is 0.789. The molecule has 0 aliphatic heterocycles. The van der Waals surface area contributed by atoms with Gasteiger partial charge in [-0.05, 0) is 49.7 Å². The van der Waals surface area contributed by atoms with Crippen molar-refractivity contribution in [2.75, 3.05) is 25.5 Å². The van der Waals surface area contributed by atoms with E-state index in [2.05, 4.69) is 5.32 Å². The van der Waals surface area contributed by atoms with Gasteiger partial charge in [-0.2, -0.15) is 0 Å². The molecule has 0 saturated heterocycles. The van der Waals surface area contributed by atoms with E-state index in [1.807, 2.05) is 26.0 Å². The van der Waals surface area contributed by atoms with Crippen LogP contribution in [0.4, 0.5) is 5.69 Å². The number of nitrogens with one attached hydrogen (secondary N) is 1. The summed E-state index contributed by atoms with van der Waals surface area (Å²) in [4.78, 5) is 26.5. The molecule has 26 heavy (non-hydrogen) atoms. The molecule has 0 unspecified atom stereocenters. The zero-order chi connectivity index (χ0) is 19.1. The highest BCUT2D eigenvalue weighted by Gasteiger charge is 2.16. The number of hydrogen-bond donors (Lipinski definition) is 1. The normalized spacial score (nSPS) is 10.5. The molecule has 6 heteroatoms. The Morgan fingerprint density at radius 2 is 1.73 bits per heavy atom. The van der Waals surface area contributed by atoms with Crippen LogP contribution in [0.5, 0.6) is 0 Å². The Balaban J connectivity index is 2.11. The Hall–Kier alpha value is -2.37. The van der Waals surface area contributed by atoms with Gasteiger partial charge in [-0.3, -0.25) is 9.59 Å². The summed E-state index contributed by atoms with van der Waals surface area (Å²) in [5.41, 5.74) is 2.49. The lowest BCUT2D eigenvalue weighted by Crippen LogP contribution is -2.30. The summed E-state index contributed by atoms with van der Waals surface area (Å²) in [6, 6.07) is 12.1. The smallest absolute Gasteiger partial charge is 0.255 e. The second-order valence-corrected chi connectivity index (χ2v) is 6.16. The monoisotopic (exact) mass is 374 g/mol. The average molecular weight is 375 g/mol. The largest absolute Gasteiger partial charge is 0.380 e. The van der Waals surface area contributed by atoms with Crippen molar-refractivity contribution in [3.05, 3.63) is 64.2 Å². The van der Waals surface area contributed by atoms with Crippen LogP contribution in [0.3, 0.4) is 0 Å². The minimum Gasteiger partial charge on any atom is -0.380 e. The molecule has 2 rings (SSSR count). The lowest BCUT2D eigenvalue weighted by atomic mass is 10.1. The van der Waals surface area contributed by atoms with Crippen LogP contribution in [0.1, 0.15) is 40.1 Å². The van der Waals surface area contributed by atoms with E-state index in [1.54, 1.807) is 42.3 Å². The van der Waals surface area contributed by atoms with Gasteiger partial charge in [-0.25, -0.2) is 0 Å². The van der Waals surface area contributed by atoms with Gasteiger partial charge in [0.05, 0.1) is 17.2 Å². The first-order chi connectivity index (χ1) is 12.5. The van der Waals surface area contributed by atoms with Gasteiger partial charge in [0.1, 0.15) is 0 Å². The Kier molecular flexibility index (Phi) is 7.18. The molecule has 0 aliphatic carbocycles. The topological polar surface area (TPSA) is 58.6 Å². The molecule has 5 nitrogen and oxygen atoms in total. The van der Waals surface area contributed by atoms with Crippen LogP contribution < -0.4 is 5.32 Å². The second kappa shape index (κ2) is 9.36. The van der Waals surface area contributed by atoms with Crippen molar-refractivity contribution in [1.82, 2.24) is 4.90 Å². The molecule has 0 bridgehead atoms. The average Bonchev–Trinajstić information content (AvgIpc) is 2.63. The lowest BCUT2D eigenvalue weighted by molar-refractivity contribution is 0.0773. The van der Waals surface area contributed by atoms with E-state index in [0.29, 0.717) is 41.5 Å². The van der Waals surface area contributed by atoms with E-state index >= 15 is 0 Å². The zero-order valence-corrected chi connectivity index (χ0v) is 16.0. The SMILES string of the molecule is CCN(CC)C(=O)c1ccc(NC(=O)c2ccc(COC)cc2)cc1Cl. The van der Waals surface area contributed by atoms with Crippen LogP contribution in [0, 0.1) is 0 Å². The van der Waals surface area contributed by atoms with E-state index in [4.69, 9.17) is 16.3 Å². The van der Waals surface area contributed by atoms with E-state index < -0.39 is 0 Å². The number of carbonyl (C=O) groups is 2. The molecule has 2 aromatic rings. The molecule has 0 atom stereocenters. The molecule has 0 heterocycles. The molecule has 0 spiro atoms. The summed E-state index contributed by atoms with van der Waals surface area (Å²) in [5, 5.41) is 3.11. The molecule has 2 amide bonds. The third kappa shape index (κ3) is 4.84. The fourth-order valence-corrected chi connectivity index (χ4v) is 2.83. The van der Waals surface area contributed by atoms with Crippen molar-refractivity contribution in [2.45, 2.75) is 20.5 Å². The fourth-order valence-electron chi connectivity index (χ4n) is 2.57. The van der Waals surface area contributed by atoms with Crippen LogP contribution in [-0.4, -0.2) is 36.9 Å². The molecular formula is C20H23ClN2O3. The number of methoxy groups -OCH3 is 1. The van der Waals surface area contributed by atoms with Crippen LogP contribution in [-0.2, 0) is 11.3 Å². The number of rotatable bonds is 7. The number of benzene rings is 2. The summed E-state index contributed by atoms with van der Waals surface area (Å²) >= 11 is 6.25. The maximum Gasteiger partial charge on any atom is 0.255 e. The van der Waals surface area contributed by atoms with Crippen molar-refractivity contribution < 1.29 is 14.3 Å². The highest BCUT2D eigenvalue weighted by Crippen LogP contribution is 2.23. The highest BCUT2D eigenvalue weighted by atomic mass is 35.5. The van der Waals surface area contributed by atoms with Gasteiger partial charge in [0.2, 0.25) is 0 Å². The van der Waals surface area contributed by atoms with Crippen LogP contribution >= 0.6 is 11.6 Å². The fraction of sp³-hybridized carbons (Fsp3) is 0.300. The molecule has 138 valence electrons. The standard InChI is InChI=1S/C20H23ClN2O3/c1-4-23(5-2)20(25)17-11-10-16(12-18(17)21)22-19(24)15-8-6-14(7-9-15)13-26-3/h6-12H,4-5,13H2,1-3H3,(H,22,24). The van der Waals surface area contributed by atoms with E-state index in [9.17, 15) is 9.59 Å². The number of ether oxygens (including phenoxy) is 1.